The maximum Gasteiger partial charge on any atom is 0.256 e. The van der Waals surface area contributed by atoms with Crippen molar-refractivity contribution in [3.63, 3.8) is 0 Å². The lowest BCUT2D eigenvalue weighted by molar-refractivity contribution is 0.0920. The first-order valence-electron chi connectivity index (χ1n) is 6.74. The second-order valence-corrected chi connectivity index (χ2v) is 5.43. The molecule has 0 unspecified atom stereocenters. The van der Waals surface area contributed by atoms with E-state index < -0.39 is 0 Å². The molecule has 1 amide bonds. The van der Waals surface area contributed by atoms with Crippen molar-refractivity contribution in [2.45, 2.75) is 51.5 Å². The Hall–Kier alpha value is -0.960. The quantitative estimate of drug-likeness (QED) is 0.897. The zero-order valence-corrected chi connectivity index (χ0v) is 11.5. The fraction of sp³-hybridized carbons (Fsp3) is 0.643. The summed E-state index contributed by atoms with van der Waals surface area (Å²) in [5.41, 5.74) is 0.437. The Labute approximate surface area is 113 Å². The smallest absolute Gasteiger partial charge is 0.256 e. The van der Waals surface area contributed by atoms with Crippen LogP contribution in [0, 0.1) is 5.92 Å². The van der Waals surface area contributed by atoms with Crippen LogP contribution in [0.25, 0.3) is 0 Å². The maximum atomic E-state index is 11.9. The van der Waals surface area contributed by atoms with Crippen molar-refractivity contribution in [3.8, 4) is 0 Å². The molecule has 1 aromatic rings. The van der Waals surface area contributed by atoms with Gasteiger partial charge in [-0.1, -0.05) is 19.8 Å². The lowest BCUT2D eigenvalue weighted by Gasteiger charge is -2.28. The molecule has 1 fully saturated rings. The van der Waals surface area contributed by atoms with Gasteiger partial charge in [0.2, 0.25) is 5.22 Å². The van der Waals surface area contributed by atoms with Gasteiger partial charge >= 0.3 is 0 Å². The van der Waals surface area contributed by atoms with Gasteiger partial charge in [-0.25, -0.2) is 0 Å². The monoisotopic (exact) mass is 269 g/mol. The minimum absolute atomic E-state index is 0.118. The van der Waals surface area contributed by atoms with E-state index >= 15 is 0 Å². The molecular formula is C14H20ClNO2. The summed E-state index contributed by atoms with van der Waals surface area (Å²) in [4.78, 5) is 11.9. The van der Waals surface area contributed by atoms with Gasteiger partial charge in [0.1, 0.15) is 0 Å². The van der Waals surface area contributed by atoms with Crippen LogP contribution in [0.2, 0.25) is 5.22 Å². The largest absolute Gasteiger partial charge is 0.452 e. The van der Waals surface area contributed by atoms with Crippen LogP contribution in [0.4, 0.5) is 0 Å². The summed E-state index contributed by atoms with van der Waals surface area (Å²) >= 11 is 5.79. The topological polar surface area (TPSA) is 42.2 Å². The van der Waals surface area contributed by atoms with Crippen molar-refractivity contribution in [2.24, 2.45) is 5.92 Å². The van der Waals surface area contributed by atoms with Crippen molar-refractivity contribution >= 4 is 17.5 Å². The van der Waals surface area contributed by atoms with Gasteiger partial charge in [0.05, 0.1) is 11.8 Å². The fourth-order valence-electron chi connectivity index (χ4n) is 2.72. The predicted molar refractivity (Wildman–Crippen MR) is 71.8 cm³/mol. The Morgan fingerprint density at radius 2 is 2.17 bits per heavy atom. The van der Waals surface area contributed by atoms with E-state index in [4.69, 9.17) is 16.0 Å². The molecule has 1 aliphatic carbocycles. The molecule has 1 N–H and O–H groups in total. The number of nitrogens with one attached hydrogen (secondary N) is 1. The van der Waals surface area contributed by atoms with Gasteiger partial charge in [-0.3, -0.25) is 4.79 Å². The molecule has 0 spiro atoms. The number of hydrogen-bond acceptors (Lipinski definition) is 2. The molecule has 1 aliphatic rings. The third-order valence-corrected chi connectivity index (χ3v) is 4.03. The fourth-order valence-corrected chi connectivity index (χ4v) is 2.92. The number of amides is 1. The van der Waals surface area contributed by atoms with E-state index in [-0.39, 0.29) is 17.2 Å². The molecule has 0 saturated heterocycles. The van der Waals surface area contributed by atoms with Gasteiger partial charge in [-0.05, 0) is 49.3 Å². The summed E-state index contributed by atoms with van der Waals surface area (Å²) in [5.74, 6) is 0.730. The highest BCUT2D eigenvalue weighted by Gasteiger charge is 2.23. The number of halogens is 1. The SMILES string of the molecule is CCCC1CCC(NC(=O)c2ccoc2Cl)CC1. The molecule has 3 nitrogen and oxygen atoms in total. The summed E-state index contributed by atoms with van der Waals surface area (Å²) in [6.07, 6.45) is 8.60. The zero-order valence-electron chi connectivity index (χ0n) is 10.7. The molecule has 18 heavy (non-hydrogen) atoms. The van der Waals surface area contributed by atoms with Crippen molar-refractivity contribution in [2.75, 3.05) is 0 Å². The average Bonchev–Trinajstić information content (AvgIpc) is 2.78. The first kappa shape index (κ1) is 13.5. The first-order chi connectivity index (χ1) is 8.70. The van der Waals surface area contributed by atoms with E-state index in [0.29, 0.717) is 5.56 Å². The highest BCUT2D eigenvalue weighted by molar-refractivity contribution is 6.32. The van der Waals surface area contributed by atoms with Crippen molar-refractivity contribution in [1.82, 2.24) is 5.32 Å². The normalized spacial score (nSPS) is 23.9. The number of rotatable bonds is 4. The number of hydrogen-bond donors (Lipinski definition) is 1. The summed E-state index contributed by atoms with van der Waals surface area (Å²) in [6, 6.07) is 1.90. The molecule has 4 heteroatoms. The third-order valence-electron chi connectivity index (χ3n) is 3.74. The molecule has 0 aromatic carbocycles. The minimum atomic E-state index is -0.118. The number of carbonyl (C=O) groups is 1. The number of carbonyl (C=O) groups excluding carboxylic acids is 1. The average molecular weight is 270 g/mol. The van der Waals surface area contributed by atoms with Gasteiger partial charge < -0.3 is 9.73 Å². The molecule has 2 rings (SSSR count). The minimum Gasteiger partial charge on any atom is -0.452 e. The summed E-state index contributed by atoms with van der Waals surface area (Å²) in [6.45, 7) is 2.23. The second kappa shape index (κ2) is 6.28. The third kappa shape index (κ3) is 3.29. The molecular weight excluding hydrogens is 250 g/mol. The number of furan rings is 1. The van der Waals surface area contributed by atoms with Crippen molar-refractivity contribution in [3.05, 3.63) is 23.1 Å². The predicted octanol–water partition coefficient (Wildman–Crippen LogP) is 4.02. The Morgan fingerprint density at radius 1 is 1.44 bits per heavy atom. The Balaban J connectivity index is 1.81. The van der Waals surface area contributed by atoms with Crippen LogP contribution in [0.5, 0.6) is 0 Å². The molecule has 0 radical (unpaired) electrons. The Bertz CT molecular complexity index is 394. The molecule has 0 bridgehead atoms. The van der Waals surface area contributed by atoms with Gasteiger partial charge in [0, 0.05) is 6.04 Å². The van der Waals surface area contributed by atoms with E-state index in [1.807, 2.05) is 0 Å². The molecule has 1 aromatic heterocycles. The zero-order chi connectivity index (χ0) is 13.0. The first-order valence-corrected chi connectivity index (χ1v) is 7.12. The van der Waals surface area contributed by atoms with Crippen molar-refractivity contribution < 1.29 is 9.21 Å². The molecule has 0 atom stereocenters. The van der Waals surface area contributed by atoms with E-state index in [2.05, 4.69) is 12.2 Å². The summed E-state index contributed by atoms with van der Waals surface area (Å²) in [5, 5.41) is 3.21. The molecule has 1 heterocycles. The Morgan fingerprint density at radius 3 is 2.72 bits per heavy atom. The molecule has 0 aliphatic heterocycles. The van der Waals surface area contributed by atoms with E-state index in [9.17, 15) is 4.79 Å². The van der Waals surface area contributed by atoms with Crippen molar-refractivity contribution in [1.29, 1.82) is 0 Å². The molecule has 1 saturated carbocycles. The van der Waals surface area contributed by atoms with Crippen LogP contribution in [0.1, 0.15) is 55.8 Å². The van der Waals surface area contributed by atoms with Gasteiger partial charge in [-0.2, -0.15) is 0 Å². The van der Waals surface area contributed by atoms with Crippen LogP contribution in [0.3, 0.4) is 0 Å². The van der Waals surface area contributed by atoms with E-state index in [1.54, 1.807) is 6.07 Å². The van der Waals surface area contributed by atoms with Crippen LogP contribution in [0.15, 0.2) is 16.7 Å². The summed E-state index contributed by atoms with van der Waals surface area (Å²) < 4.78 is 4.93. The van der Waals surface area contributed by atoms with Gasteiger partial charge in [0.15, 0.2) is 0 Å². The highest BCUT2D eigenvalue weighted by Crippen LogP contribution is 2.28. The van der Waals surface area contributed by atoms with Gasteiger partial charge in [0.25, 0.3) is 5.91 Å². The second-order valence-electron chi connectivity index (χ2n) is 5.09. The van der Waals surface area contributed by atoms with Gasteiger partial charge in [-0.15, -0.1) is 0 Å². The van der Waals surface area contributed by atoms with Crippen LogP contribution < -0.4 is 5.32 Å². The van der Waals surface area contributed by atoms with Crippen LogP contribution >= 0.6 is 11.6 Å². The lowest BCUT2D eigenvalue weighted by atomic mass is 9.83. The standard InChI is InChI=1S/C14H20ClNO2/c1-2-3-10-4-6-11(7-5-10)16-14(17)12-8-9-18-13(12)15/h8-11H,2-7H2,1H3,(H,16,17). The van der Waals surface area contributed by atoms with E-state index in [0.717, 1.165) is 18.8 Å². The highest BCUT2D eigenvalue weighted by atomic mass is 35.5. The Kier molecular flexibility index (Phi) is 4.70. The van der Waals surface area contributed by atoms with Crippen LogP contribution in [-0.2, 0) is 0 Å². The maximum absolute atomic E-state index is 11.9. The summed E-state index contributed by atoms with van der Waals surface area (Å²) in [7, 11) is 0. The van der Waals surface area contributed by atoms with E-state index in [1.165, 1.54) is 31.9 Å². The van der Waals surface area contributed by atoms with Crippen LogP contribution in [-0.4, -0.2) is 11.9 Å². The molecule has 100 valence electrons. The lowest BCUT2D eigenvalue weighted by Crippen LogP contribution is -2.37.